The van der Waals surface area contributed by atoms with Crippen LogP contribution in [0.25, 0.3) is 65.4 Å². The zero-order chi connectivity index (χ0) is 28.1. The van der Waals surface area contributed by atoms with Crippen LogP contribution < -0.4 is 37.2 Å². The molecule has 0 atom stereocenters. The predicted molar refractivity (Wildman–Crippen MR) is 171 cm³/mol. The molecule has 0 saturated heterocycles. The molecule has 46 heavy (non-hydrogen) atoms. The van der Waals surface area contributed by atoms with Crippen molar-refractivity contribution < 1.29 is 56.7 Å². The fraction of sp³-hybridized carbons (Fsp3) is 0. The van der Waals surface area contributed by atoms with E-state index < -0.39 is 0 Å². The van der Waals surface area contributed by atoms with Gasteiger partial charge in [-0.25, -0.2) is 0 Å². The summed E-state index contributed by atoms with van der Waals surface area (Å²) in [5.74, 6) is 0. The van der Waals surface area contributed by atoms with Gasteiger partial charge in [-0.2, -0.15) is 0 Å². The van der Waals surface area contributed by atoms with Crippen LogP contribution in [-0.2, 0) is 19.5 Å². The van der Waals surface area contributed by atoms with E-state index in [2.05, 4.69) is 103 Å². The number of pyridine rings is 6. The molecule has 0 radical (unpaired) electrons. The standard InChI is InChI=1S/3C12H8N2.3ClH.Rh/c3*1-3-9-5-6-10-4-2-8-14-12(10)11(9)13-7-1;;;;/h3*1-8H;3*1H;/q;;;;;;+3/p-3. The van der Waals surface area contributed by atoms with Crippen LogP contribution in [0.5, 0.6) is 0 Å². The Kier molecular flexibility index (Phi) is 13.2. The van der Waals surface area contributed by atoms with Gasteiger partial charge in [-0.3, -0.25) is 29.9 Å². The van der Waals surface area contributed by atoms with Crippen LogP contribution in [0.1, 0.15) is 0 Å². The number of aromatic nitrogens is 6. The van der Waals surface area contributed by atoms with E-state index in [9.17, 15) is 0 Å². The largest absolute Gasteiger partial charge is 3.00 e. The number of rotatable bonds is 0. The third kappa shape index (κ3) is 7.52. The van der Waals surface area contributed by atoms with Gasteiger partial charge in [0, 0.05) is 69.5 Å². The van der Waals surface area contributed by atoms with Gasteiger partial charge >= 0.3 is 19.5 Å². The van der Waals surface area contributed by atoms with Crippen molar-refractivity contribution >= 4 is 65.4 Å². The summed E-state index contributed by atoms with van der Waals surface area (Å²) in [5, 5.41) is 6.83. The SMILES string of the molecule is [Cl-].[Cl-].[Cl-].[Rh+3].c1cnc2c(c1)ccc1cccnc12.c1cnc2c(c1)ccc1cccnc12.c1cnc2c(c1)ccc1cccnc12. The molecule has 0 spiro atoms. The zero-order valence-electron chi connectivity index (χ0n) is 24.0. The predicted octanol–water partition coefficient (Wildman–Crippen LogP) is -0.641. The second-order valence-electron chi connectivity index (χ2n) is 9.65. The number of halogens is 3. The molecular formula is C36H24Cl3N6Rh. The number of fused-ring (bicyclic) bond motifs is 9. The smallest absolute Gasteiger partial charge is 1.00 e. The van der Waals surface area contributed by atoms with Gasteiger partial charge in [0.1, 0.15) is 0 Å². The molecule has 3 aromatic carbocycles. The molecule has 0 aliphatic carbocycles. The monoisotopic (exact) mass is 748 g/mol. The average Bonchev–Trinajstić information content (AvgIpc) is 3.09. The van der Waals surface area contributed by atoms with E-state index in [0.717, 1.165) is 65.4 Å². The molecule has 9 aromatic rings. The maximum Gasteiger partial charge on any atom is 3.00 e. The maximum absolute atomic E-state index is 4.35. The Morgan fingerprint density at radius 2 is 0.391 bits per heavy atom. The van der Waals surface area contributed by atoms with E-state index in [1.165, 1.54) is 0 Å². The normalized spacial score (nSPS) is 9.91. The number of hydrogen-bond donors (Lipinski definition) is 0. The van der Waals surface area contributed by atoms with Crippen molar-refractivity contribution in [1.82, 2.24) is 29.9 Å². The van der Waals surface area contributed by atoms with Crippen LogP contribution in [0.15, 0.2) is 146 Å². The molecule has 0 bridgehead atoms. The number of hydrogen-bond acceptors (Lipinski definition) is 6. The van der Waals surface area contributed by atoms with E-state index in [1.54, 1.807) is 37.2 Å². The minimum Gasteiger partial charge on any atom is -1.00 e. The van der Waals surface area contributed by atoms with E-state index in [0.29, 0.717) is 0 Å². The molecule has 0 amide bonds. The van der Waals surface area contributed by atoms with Gasteiger partial charge in [-0.05, 0) is 36.4 Å². The summed E-state index contributed by atoms with van der Waals surface area (Å²) in [5.41, 5.74) is 5.86. The van der Waals surface area contributed by atoms with Crippen LogP contribution in [-0.4, -0.2) is 29.9 Å². The van der Waals surface area contributed by atoms with Gasteiger partial charge in [0.25, 0.3) is 0 Å². The molecule has 0 aliphatic heterocycles. The molecule has 10 heteroatoms. The van der Waals surface area contributed by atoms with Crippen molar-refractivity contribution in [2.75, 3.05) is 0 Å². The van der Waals surface area contributed by atoms with Crippen LogP contribution in [0.4, 0.5) is 0 Å². The summed E-state index contributed by atoms with van der Waals surface area (Å²) in [4.78, 5) is 26.1. The molecule has 6 nitrogen and oxygen atoms in total. The first kappa shape index (κ1) is 36.1. The average molecular weight is 750 g/mol. The fourth-order valence-electron chi connectivity index (χ4n) is 5.04. The second kappa shape index (κ2) is 16.8. The Balaban J connectivity index is 0.000000180. The quantitative estimate of drug-likeness (QED) is 0.152. The minimum atomic E-state index is 0. The molecule has 9 rings (SSSR count). The van der Waals surface area contributed by atoms with Crippen LogP contribution >= 0.6 is 0 Å². The molecule has 6 aromatic heterocycles. The van der Waals surface area contributed by atoms with Crippen molar-refractivity contribution in [3.05, 3.63) is 146 Å². The molecule has 0 N–H and O–H groups in total. The summed E-state index contributed by atoms with van der Waals surface area (Å²) < 4.78 is 0. The Hall–Kier alpha value is -4.39. The van der Waals surface area contributed by atoms with Crippen molar-refractivity contribution in [1.29, 1.82) is 0 Å². The van der Waals surface area contributed by atoms with E-state index >= 15 is 0 Å². The summed E-state index contributed by atoms with van der Waals surface area (Å²) in [7, 11) is 0. The molecule has 228 valence electrons. The molecule has 0 saturated carbocycles. The summed E-state index contributed by atoms with van der Waals surface area (Å²) >= 11 is 0. The van der Waals surface area contributed by atoms with E-state index in [1.807, 2.05) is 36.4 Å². The van der Waals surface area contributed by atoms with Crippen LogP contribution in [0, 0.1) is 0 Å². The van der Waals surface area contributed by atoms with Crippen molar-refractivity contribution in [3.63, 3.8) is 0 Å². The number of benzene rings is 3. The van der Waals surface area contributed by atoms with Gasteiger partial charge in [0.15, 0.2) is 0 Å². The number of nitrogens with zero attached hydrogens (tertiary/aromatic N) is 6. The van der Waals surface area contributed by atoms with Crippen molar-refractivity contribution in [3.8, 4) is 0 Å². The topological polar surface area (TPSA) is 77.3 Å². The Morgan fingerprint density at radius 1 is 0.239 bits per heavy atom. The molecule has 0 aliphatic rings. The Morgan fingerprint density at radius 3 is 0.543 bits per heavy atom. The third-order valence-electron chi connectivity index (χ3n) is 7.03. The molecule has 0 unspecified atom stereocenters. The van der Waals surface area contributed by atoms with Gasteiger partial charge in [0.05, 0.1) is 33.1 Å². The Labute approximate surface area is 296 Å². The summed E-state index contributed by atoms with van der Waals surface area (Å²) in [6, 6.07) is 36.4. The third-order valence-corrected chi connectivity index (χ3v) is 7.03. The first-order valence-electron chi connectivity index (χ1n) is 13.6. The second-order valence-corrected chi connectivity index (χ2v) is 9.65. The zero-order valence-corrected chi connectivity index (χ0v) is 27.9. The van der Waals surface area contributed by atoms with Crippen LogP contribution in [0.3, 0.4) is 0 Å². The first-order valence-corrected chi connectivity index (χ1v) is 13.6. The molecule has 0 fully saturated rings. The minimum absolute atomic E-state index is 0. The van der Waals surface area contributed by atoms with Crippen molar-refractivity contribution in [2.24, 2.45) is 0 Å². The molecular weight excluding hydrogens is 726 g/mol. The summed E-state index contributed by atoms with van der Waals surface area (Å²) in [6.45, 7) is 0. The van der Waals surface area contributed by atoms with E-state index in [-0.39, 0.29) is 56.7 Å². The fourth-order valence-corrected chi connectivity index (χ4v) is 5.04. The van der Waals surface area contributed by atoms with Gasteiger partial charge in [-0.15, -0.1) is 0 Å². The molecule has 6 heterocycles. The first-order chi connectivity index (χ1) is 20.8. The van der Waals surface area contributed by atoms with Gasteiger partial charge in [-0.1, -0.05) is 72.8 Å². The van der Waals surface area contributed by atoms with Crippen LogP contribution in [0.2, 0.25) is 0 Å². The van der Waals surface area contributed by atoms with Gasteiger partial charge in [0.2, 0.25) is 0 Å². The Bertz CT molecular complexity index is 1930. The summed E-state index contributed by atoms with van der Waals surface area (Å²) in [6.07, 6.45) is 10.8. The maximum atomic E-state index is 4.35. The van der Waals surface area contributed by atoms with Crippen molar-refractivity contribution in [2.45, 2.75) is 0 Å². The van der Waals surface area contributed by atoms with Gasteiger partial charge < -0.3 is 37.2 Å². The van der Waals surface area contributed by atoms with E-state index in [4.69, 9.17) is 0 Å².